The molecule has 5 heteroatoms. The molecular formula is C13H17N3O2. The Morgan fingerprint density at radius 2 is 2.28 bits per heavy atom. The third kappa shape index (κ3) is 2.18. The van der Waals surface area contributed by atoms with Gasteiger partial charge >= 0.3 is 0 Å². The molecule has 0 atom stereocenters. The number of hydrogen-bond donors (Lipinski definition) is 0. The predicted molar refractivity (Wildman–Crippen MR) is 66.8 cm³/mol. The first-order valence-corrected chi connectivity index (χ1v) is 6.33. The molecule has 0 saturated carbocycles. The number of rotatable bonds is 3. The average Bonchev–Trinajstić information content (AvgIpc) is 2.82. The Morgan fingerprint density at radius 1 is 1.44 bits per heavy atom. The summed E-state index contributed by atoms with van der Waals surface area (Å²) < 4.78 is 12.4. The summed E-state index contributed by atoms with van der Waals surface area (Å²) in [6.07, 6.45) is 5.03. The van der Waals surface area contributed by atoms with Crippen LogP contribution in [-0.2, 0) is 11.2 Å². The van der Waals surface area contributed by atoms with Crippen molar-refractivity contribution in [2.45, 2.75) is 19.3 Å². The maximum absolute atomic E-state index is 5.37. The molecule has 0 bridgehead atoms. The third-order valence-electron chi connectivity index (χ3n) is 3.40. The highest BCUT2D eigenvalue weighted by Crippen LogP contribution is 2.21. The molecule has 0 spiro atoms. The van der Waals surface area contributed by atoms with E-state index in [0.717, 1.165) is 49.7 Å². The van der Waals surface area contributed by atoms with Crippen LogP contribution < -0.4 is 4.74 Å². The van der Waals surface area contributed by atoms with Crippen molar-refractivity contribution in [3.63, 3.8) is 0 Å². The van der Waals surface area contributed by atoms with Crippen LogP contribution in [0.5, 0.6) is 5.75 Å². The zero-order valence-electron chi connectivity index (χ0n) is 10.5. The van der Waals surface area contributed by atoms with Crippen LogP contribution in [0.4, 0.5) is 0 Å². The van der Waals surface area contributed by atoms with E-state index in [2.05, 4.69) is 10.1 Å². The Labute approximate surface area is 106 Å². The maximum atomic E-state index is 5.37. The van der Waals surface area contributed by atoms with Crippen molar-refractivity contribution in [3.8, 4) is 5.75 Å². The number of nitrogens with zero attached hydrogens (tertiary/aromatic N) is 3. The Morgan fingerprint density at radius 3 is 3.06 bits per heavy atom. The van der Waals surface area contributed by atoms with Crippen LogP contribution in [0.2, 0.25) is 0 Å². The number of hydrogen-bond acceptors (Lipinski definition) is 4. The van der Waals surface area contributed by atoms with Gasteiger partial charge in [-0.1, -0.05) is 0 Å². The fourth-order valence-electron chi connectivity index (χ4n) is 2.38. The lowest BCUT2D eigenvalue weighted by molar-refractivity contribution is 0.0660. The molecular weight excluding hydrogens is 230 g/mol. The number of aromatic nitrogens is 3. The van der Waals surface area contributed by atoms with Crippen molar-refractivity contribution in [1.29, 1.82) is 0 Å². The third-order valence-corrected chi connectivity index (χ3v) is 3.40. The fourth-order valence-corrected chi connectivity index (χ4v) is 2.38. The van der Waals surface area contributed by atoms with E-state index in [1.165, 1.54) is 0 Å². The Kier molecular flexibility index (Phi) is 3.15. The number of ether oxygens (including phenoxy) is 2. The van der Waals surface area contributed by atoms with Crippen molar-refractivity contribution >= 4 is 5.65 Å². The summed E-state index contributed by atoms with van der Waals surface area (Å²) >= 11 is 0. The molecule has 0 aromatic carbocycles. The molecule has 3 heterocycles. The molecule has 96 valence electrons. The molecule has 3 rings (SSSR count). The van der Waals surface area contributed by atoms with E-state index in [1.54, 1.807) is 11.6 Å². The standard InChI is InChI=1S/C13H17N3O2/c1-17-11-3-2-6-16-13(11)14-12(15-16)9-10-4-7-18-8-5-10/h2-3,6,10H,4-5,7-9H2,1H3. The van der Waals surface area contributed by atoms with Gasteiger partial charge in [0, 0.05) is 25.8 Å². The highest BCUT2D eigenvalue weighted by Gasteiger charge is 2.17. The maximum Gasteiger partial charge on any atom is 0.198 e. The fraction of sp³-hybridized carbons (Fsp3) is 0.538. The summed E-state index contributed by atoms with van der Waals surface area (Å²) in [5.74, 6) is 2.30. The van der Waals surface area contributed by atoms with E-state index >= 15 is 0 Å². The van der Waals surface area contributed by atoms with Gasteiger partial charge in [-0.2, -0.15) is 5.10 Å². The van der Waals surface area contributed by atoms with Crippen molar-refractivity contribution in [2.75, 3.05) is 20.3 Å². The molecule has 0 unspecified atom stereocenters. The van der Waals surface area contributed by atoms with Gasteiger partial charge in [-0.25, -0.2) is 9.50 Å². The summed E-state index contributed by atoms with van der Waals surface area (Å²) in [6.45, 7) is 1.72. The summed E-state index contributed by atoms with van der Waals surface area (Å²) in [5.41, 5.74) is 0.794. The molecule has 0 N–H and O–H groups in total. The molecule has 18 heavy (non-hydrogen) atoms. The van der Waals surface area contributed by atoms with Gasteiger partial charge in [-0.05, 0) is 30.9 Å². The van der Waals surface area contributed by atoms with Crippen LogP contribution in [0.1, 0.15) is 18.7 Å². The lowest BCUT2D eigenvalue weighted by Gasteiger charge is -2.20. The Balaban J connectivity index is 1.84. The van der Waals surface area contributed by atoms with E-state index in [0.29, 0.717) is 5.92 Å². The van der Waals surface area contributed by atoms with Gasteiger partial charge in [0.25, 0.3) is 0 Å². The van der Waals surface area contributed by atoms with Crippen molar-refractivity contribution in [3.05, 3.63) is 24.2 Å². The second kappa shape index (κ2) is 4.94. The van der Waals surface area contributed by atoms with Gasteiger partial charge < -0.3 is 9.47 Å². The minimum Gasteiger partial charge on any atom is -0.493 e. The van der Waals surface area contributed by atoms with Crippen LogP contribution in [0, 0.1) is 5.92 Å². The molecule has 0 radical (unpaired) electrons. The molecule has 2 aromatic heterocycles. The molecule has 5 nitrogen and oxygen atoms in total. The normalized spacial score (nSPS) is 17.2. The second-order valence-corrected chi connectivity index (χ2v) is 4.63. The van der Waals surface area contributed by atoms with Crippen LogP contribution in [-0.4, -0.2) is 34.9 Å². The van der Waals surface area contributed by atoms with Gasteiger partial charge in [0.15, 0.2) is 17.2 Å². The van der Waals surface area contributed by atoms with E-state index in [1.807, 2.05) is 18.3 Å². The highest BCUT2D eigenvalue weighted by atomic mass is 16.5. The van der Waals surface area contributed by atoms with Gasteiger partial charge in [0.1, 0.15) is 0 Å². The van der Waals surface area contributed by atoms with Crippen molar-refractivity contribution in [2.24, 2.45) is 5.92 Å². The van der Waals surface area contributed by atoms with E-state index in [4.69, 9.17) is 9.47 Å². The summed E-state index contributed by atoms with van der Waals surface area (Å²) in [7, 11) is 1.65. The van der Waals surface area contributed by atoms with Crippen LogP contribution in [0.25, 0.3) is 5.65 Å². The smallest absolute Gasteiger partial charge is 0.198 e. The van der Waals surface area contributed by atoms with E-state index in [9.17, 15) is 0 Å². The predicted octanol–water partition coefficient (Wildman–Crippen LogP) is 1.71. The molecule has 1 aliphatic rings. The van der Waals surface area contributed by atoms with Gasteiger partial charge in [0.05, 0.1) is 7.11 Å². The summed E-state index contributed by atoms with van der Waals surface area (Å²) in [5, 5.41) is 4.50. The quantitative estimate of drug-likeness (QED) is 0.828. The number of fused-ring (bicyclic) bond motifs is 1. The lowest BCUT2D eigenvalue weighted by Crippen LogP contribution is -2.18. The van der Waals surface area contributed by atoms with Crippen LogP contribution >= 0.6 is 0 Å². The lowest BCUT2D eigenvalue weighted by atomic mass is 9.96. The Hall–Kier alpha value is -1.62. The van der Waals surface area contributed by atoms with Crippen molar-refractivity contribution < 1.29 is 9.47 Å². The first-order valence-electron chi connectivity index (χ1n) is 6.33. The first kappa shape index (κ1) is 11.5. The van der Waals surface area contributed by atoms with Gasteiger partial charge in [0.2, 0.25) is 0 Å². The van der Waals surface area contributed by atoms with E-state index < -0.39 is 0 Å². The van der Waals surface area contributed by atoms with Crippen LogP contribution in [0.15, 0.2) is 18.3 Å². The first-order chi connectivity index (χ1) is 8.86. The zero-order valence-corrected chi connectivity index (χ0v) is 10.5. The second-order valence-electron chi connectivity index (χ2n) is 4.63. The molecule has 1 fully saturated rings. The SMILES string of the molecule is COc1cccn2nc(CC3CCOCC3)nc12. The molecule has 2 aromatic rings. The largest absolute Gasteiger partial charge is 0.493 e. The van der Waals surface area contributed by atoms with Gasteiger partial charge in [-0.3, -0.25) is 0 Å². The van der Waals surface area contributed by atoms with Crippen LogP contribution in [0.3, 0.4) is 0 Å². The Bertz CT molecular complexity index is 532. The van der Waals surface area contributed by atoms with E-state index in [-0.39, 0.29) is 0 Å². The topological polar surface area (TPSA) is 48.7 Å². The highest BCUT2D eigenvalue weighted by molar-refractivity contribution is 5.52. The van der Waals surface area contributed by atoms with Crippen molar-refractivity contribution in [1.82, 2.24) is 14.6 Å². The molecule has 0 aliphatic carbocycles. The zero-order chi connectivity index (χ0) is 12.4. The minimum atomic E-state index is 0.641. The number of methoxy groups -OCH3 is 1. The summed E-state index contributed by atoms with van der Waals surface area (Å²) in [6, 6.07) is 3.82. The molecule has 1 saturated heterocycles. The molecule has 0 amide bonds. The summed E-state index contributed by atoms with van der Waals surface area (Å²) in [4.78, 5) is 4.56. The monoisotopic (exact) mass is 247 g/mol. The molecule has 1 aliphatic heterocycles. The average molecular weight is 247 g/mol. The van der Waals surface area contributed by atoms with Gasteiger partial charge in [-0.15, -0.1) is 0 Å². The minimum absolute atomic E-state index is 0.641. The number of pyridine rings is 1.